The van der Waals surface area contributed by atoms with Gasteiger partial charge in [-0.1, -0.05) is 30.0 Å². The molecule has 0 saturated carbocycles. The summed E-state index contributed by atoms with van der Waals surface area (Å²) in [5, 5.41) is 0.190. The largest absolute Gasteiger partial charge is 0.416 e. The molecule has 0 N–H and O–H groups in total. The van der Waals surface area contributed by atoms with Gasteiger partial charge in [0.25, 0.3) is 5.56 Å². The molecule has 2 heterocycles. The van der Waals surface area contributed by atoms with Gasteiger partial charge in [0.2, 0.25) is 0 Å². The Morgan fingerprint density at radius 1 is 0.969 bits per heavy atom. The normalized spacial score (nSPS) is 13.9. The zero-order valence-electron chi connectivity index (χ0n) is 16.1. The van der Waals surface area contributed by atoms with Crippen molar-refractivity contribution in [3.8, 4) is 5.69 Å². The molecule has 2 aromatic carbocycles. The molecular formula is C21H14F6N2OS2. The third-order valence-electron chi connectivity index (χ3n) is 4.75. The Hall–Kier alpha value is -2.40. The van der Waals surface area contributed by atoms with E-state index in [4.69, 9.17) is 0 Å². The number of aromatic nitrogens is 2. The quantitative estimate of drug-likeness (QED) is 0.249. The molecular weight excluding hydrogens is 474 g/mol. The van der Waals surface area contributed by atoms with Crippen molar-refractivity contribution in [1.29, 1.82) is 0 Å². The highest BCUT2D eigenvalue weighted by molar-refractivity contribution is 7.99. The Morgan fingerprint density at radius 2 is 1.66 bits per heavy atom. The monoisotopic (exact) mass is 488 g/mol. The molecule has 0 aliphatic carbocycles. The van der Waals surface area contributed by atoms with E-state index in [0.29, 0.717) is 28.3 Å². The lowest BCUT2D eigenvalue weighted by molar-refractivity contribution is -0.138. The van der Waals surface area contributed by atoms with E-state index in [0.717, 1.165) is 40.6 Å². The van der Waals surface area contributed by atoms with Gasteiger partial charge in [-0.25, -0.2) is 4.98 Å². The van der Waals surface area contributed by atoms with Crippen LogP contribution in [0.5, 0.6) is 0 Å². The number of hydrogen-bond acceptors (Lipinski definition) is 4. The minimum absolute atomic E-state index is 0.0301. The van der Waals surface area contributed by atoms with Crippen molar-refractivity contribution >= 4 is 23.5 Å². The van der Waals surface area contributed by atoms with Gasteiger partial charge in [-0.05, 0) is 35.9 Å². The van der Waals surface area contributed by atoms with Crippen LogP contribution in [0.15, 0.2) is 63.4 Å². The molecule has 1 aromatic heterocycles. The fraction of sp³-hybridized carbons (Fsp3) is 0.238. The molecule has 0 unspecified atom stereocenters. The molecule has 4 rings (SSSR count). The van der Waals surface area contributed by atoms with Crippen LogP contribution in [0.3, 0.4) is 0 Å². The minimum atomic E-state index is -4.58. The van der Waals surface area contributed by atoms with Crippen LogP contribution in [-0.4, -0.2) is 15.3 Å². The van der Waals surface area contributed by atoms with Crippen LogP contribution < -0.4 is 5.56 Å². The fourth-order valence-corrected chi connectivity index (χ4v) is 5.18. The van der Waals surface area contributed by atoms with Gasteiger partial charge in [0.05, 0.1) is 27.4 Å². The standard InChI is InChI=1S/C21H14F6N2OS2/c22-20(23,24)13-6-4-12(5-7-13)11-32-19-28-16-8-9-31-17(16)18(30)29(19)15-3-1-2-14(10-15)21(25,26)27/h1-7,10H,8-9,11H2. The maximum Gasteiger partial charge on any atom is 0.416 e. The number of rotatable bonds is 4. The summed E-state index contributed by atoms with van der Waals surface area (Å²) in [6.07, 6.45) is -8.46. The highest BCUT2D eigenvalue weighted by Crippen LogP contribution is 2.34. The molecule has 0 spiro atoms. The van der Waals surface area contributed by atoms with Crippen molar-refractivity contribution in [2.45, 2.75) is 34.6 Å². The maximum absolute atomic E-state index is 13.2. The number of halogens is 6. The van der Waals surface area contributed by atoms with Crippen LogP contribution in [-0.2, 0) is 24.5 Å². The van der Waals surface area contributed by atoms with Gasteiger partial charge in [-0.2, -0.15) is 26.3 Å². The minimum Gasteiger partial charge on any atom is -0.268 e. The summed E-state index contributed by atoms with van der Waals surface area (Å²) in [4.78, 5) is 18.0. The lowest BCUT2D eigenvalue weighted by Gasteiger charge is -2.15. The first kappa shape index (κ1) is 22.8. The van der Waals surface area contributed by atoms with Crippen LogP contribution in [0.1, 0.15) is 22.4 Å². The highest BCUT2D eigenvalue weighted by Gasteiger charge is 2.32. The van der Waals surface area contributed by atoms with Crippen molar-refractivity contribution in [3.05, 3.63) is 81.3 Å². The van der Waals surface area contributed by atoms with Gasteiger partial charge in [0.15, 0.2) is 5.16 Å². The zero-order chi connectivity index (χ0) is 23.1. The average molecular weight is 488 g/mol. The van der Waals surface area contributed by atoms with Crippen molar-refractivity contribution in [2.24, 2.45) is 0 Å². The predicted molar refractivity (Wildman–Crippen MR) is 110 cm³/mol. The molecule has 3 aromatic rings. The van der Waals surface area contributed by atoms with Crippen LogP contribution in [0.2, 0.25) is 0 Å². The third-order valence-corrected chi connectivity index (χ3v) is 6.86. The van der Waals surface area contributed by atoms with Gasteiger partial charge in [0, 0.05) is 17.9 Å². The molecule has 0 radical (unpaired) electrons. The summed E-state index contributed by atoms with van der Waals surface area (Å²) in [5.41, 5.74) is -0.955. The zero-order valence-corrected chi connectivity index (χ0v) is 17.8. The first-order valence-electron chi connectivity index (χ1n) is 9.29. The summed E-state index contributed by atoms with van der Waals surface area (Å²) < 4.78 is 79.0. The molecule has 32 heavy (non-hydrogen) atoms. The highest BCUT2D eigenvalue weighted by atomic mass is 32.2. The van der Waals surface area contributed by atoms with E-state index >= 15 is 0 Å². The fourth-order valence-electron chi connectivity index (χ4n) is 3.18. The van der Waals surface area contributed by atoms with Crippen molar-refractivity contribution in [2.75, 3.05) is 5.75 Å². The molecule has 1 aliphatic rings. The first-order valence-corrected chi connectivity index (χ1v) is 11.3. The molecule has 0 amide bonds. The molecule has 0 atom stereocenters. The van der Waals surface area contributed by atoms with Gasteiger partial charge < -0.3 is 0 Å². The third kappa shape index (κ3) is 4.68. The maximum atomic E-state index is 13.2. The molecule has 0 fully saturated rings. The summed E-state index contributed by atoms with van der Waals surface area (Å²) in [6, 6.07) is 8.99. The van der Waals surface area contributed by atoms with Crippen LogP contribution >= 0.6 is 23.5 Å². The Morgan fingerprint density at radius 3 is 2.31 bits per heavy atom. The van der Waals surface area contributed by atoms with E-state index < -0.39 is 29.0 Å². The summed E-state index contributed by atoms with van der Waals surface area (Å²) in [5.74, 6) is 0.836. The summed E-state index contributed by atoms with van der Waals surface area (Å²) in [7, 11) is 0. The SMILES string of the molecule is O=c1c2c(nc(SCc3ccc(C(F)(F)F)cc3)n1-c1cccc(C(F)(F)F)c1)CCS2. The molecule has 0 bridgehead atoms. The molecule has 1 aliphatic heterocycles. The van der Waals surface area contributed by atoms with Crippen LogP contribution in [0, 0.1) is 0 Å². The number of hydrogen-bond donors (Lipinski definition) is 0. The van der Waals surface area contributed by atoms with Gasteiger partial charge in [-0.3, -0.25) is 9.36 Å². The number of fused-ring (bicyclic) bond motifs is 1. The van der Waals surface area contributed by atoms with E-state index in [1.165, 1.54) is 36.0 Å². The smallest absolute Gasteiger partial charge is 0.268 e. The van der Waals surface area contributed by atoms with Gasteiger partial charge in [-0.15, -0.1) is 11.8 Å². The van der Waals surface area contributed by atoms with E-state index in [-0.39, 0.29) is 16.6 Å². The molecule has 3 nitrogen and oxygen atoms in total. The van der Waals surface area contributed by atoms with E-state index in [1.54, 1.807) is 0 Å². The Balaban J connectivity index is 1.71. The predicted octanol–water partition coefficient (Wildman–Crippen LogP) is 6.21. The van der Waals surface area contributed by atoms with E-state index in [1.807, 2.05) is 0 Å². The lowest BCUT2D eigenvalue weighted by atomic mass is 10.1. The average Bonchev–Trinajstić information content (AvgIpc) is 3.20. The molecule has 11 heteroatoms. The van der Waals surface area contributed by atoms with E-state index in [2.05, 4.69) is 4.98 Å². The second kappa shape index (κ2) is 8.51. The Labute approximate surface area is 186 Å². The van der Waals surface area contributed by atoms with Crippen LogP contribution in [0.25, 0.3) is 5.69 Å². The summed E-state index contributed by atoms with van der Waals surface area (Å²) >= 11 is 2.39. The molecule has 168 valence electrons. The van der Waals surface area contributed by atoms with Crippen molar-refractivity contribution in [3.63, 3.8) is 0 Å². The number of nitrogens with zero attached hydrogens (tertiary/aromatic N) is 2. The second-order valence-corrected chi connectivity index (χ2v) is 8.99. The van der Waals surface area contributed by atoms with Crippen molar-refractivity contribution < 1.29 is 26.3 Å². The number of aryl methyl sites for hydroxylation is 1. The molecule has 0 saturated heterocycles. The topological polar surface area (TPSA) is 34.9 Å². The number of benzene rings is 2. The number of alkyl halides is 6. The number of thioether (sulfide) groups is 2. The Kier molecular flexibility index (Phi) is 6.06. The second-order valence-electron chi connectivity index (χ2n) is 6.94. The Bertz CT molecular complexity index is 1200. The lowest BCUT2D eigenvalue weighted by Crippen LogP contribution is -2.24. The summed E-state index contributed by atoms with van der Waals surface area (Å²) in [6.45, 7) is 0. The van der Waals surface area contributed by atoms with Gasteiger partial charge >= 0.3 is 12.4 Å². The van der Waals surface area contributed by atoms with Crippen LogP contribution in [0.4, 0.5) is 26.3 Å². The van der Waals surface area contributed by atoms with E-state index in [9.17, 15) is 31.1 Å². The van der Waals surface area contributed by atoms with Crippen molar-refractivity contribution in [1.82, 2.24) is 9.55 Å². The van der Waals surface area contributed by atoms with Gasteiger partial charge in [0.1, 0.15) is 0 Å². The first-order chi connectivity index (χ1) is 15.0.